The van der Waals surface area contributed by atoms with Crippen molar-refractivity contribution in [1.29, 1.82) is 0 Å². The van der Waals surface area contributed by atoms with Crippen molar-refractivity contribution in [3.05, 3.63) is 46.0 Å². The first-order valence-corrected chi connectivity index (χ1v) is 8.41. The van der Waals surface area contributed by atoms with E-state index < -0.39 is 4.92 Å². The average molecular weight is 329 g/mol. The summed E-state index contributed by atoms with van der Waals surface area (Å²) in [5.41, 5.74) is 0.659. The van der Waals surface area contributed by atoms with Gasteiger partial charge in [0, 0.05) is 24.5 Å². The van der Waals surface area contributed by atoms with Crippen LogP contribution in [-0.4, -0.2) is 22.4 Å². The highest BCUT2D eigenvalue weighted by atomic mass is 16.6. The number of non-ortho nitro benzene ring substituents is 1. The Morgan fingerprint density at radius 2 is 1.96 bits per heavy atom. The lowest BCUT2D eigenvalue weighted by Crippen LogP contribution is -2.53. The molecule has 1 aromatic rings. The summed E-state index contributed by atoms with van der Waals surface area (Å²) >= 11 is 0. The van der Waals surface area contributed by atoms with E-state index in [1.165, 1.54) is 12.1 Å². The number of rotatable bonds is 3. The van der Waals surface area contributed by atoms with E-state index in [0.717, 1.165) is 12.0 Å². The van der Waals surface area contributed by atoms with Gasteiger partial charge in [0.2, 0.25) is 0 Å². The van der Waals surface area contributed by atoms with Crippen LogP contribution in [0.2, 0.25) is 0 Å². The Kier molecular flexibility index (Phi) is 4.30. The SMILES string of the molecule is C[C@@H]1C(=O)C[C@@H]2C[C@H]1[C@H](/C=C/c1ccc([N+](=O)[O-])cc1)OC2(C)C. The van der Waals surface area contributed by atoms with Gasteiger partial charge in [0.25, 0.3) is 5.69 Å². The minimum atomic E-state index is -0.407. The van der Waals surface area contributed by atoms with Crippen molar-refractivity contribution >= 4 is 17.5 Å². The van der Waals surface area contributed by atoms with Crippen LogP contribution in [0.5, 0.6) is 0 Å². The molecular formula is C19H23NO4. The summed E-state index contributed by atoms with van der Waals surface area (Å²) in [5.74, 6) is 0.846. The molecule has 1 aliphatic heterocycles. The van der Waals surface area contributed by atoms with E-state index in [9.17, 15) is 14.9 Å². The number of carbonyl (C=O) groups is 1. The van der Waals surface area contributed by atoms with Gasteiger partial charge in [-0.1, -0.05) is 19.1 Å². The van der Waals surface area contributed by atoms with Crippen molar-refractivity contribution in [2.24, 2.45) is 17.8 Å². The molecule has 0 amide bonds. The van der Waals surface area contributed by atoms with E-state index in [4.69, 9.17) is 4.74 Å². The first-order valence-electron chi connectivity index (χ1n) is 8.41. The van der Waals surface area contributed by atoms with E-state index >= 15 is 0 Å². The van der Waals surface area contributed by atoms with Gasteiger partial charge in [-0.05, 0) is 49.8 Å². The number of hydrogen-bond donors (Lipinski definition) is 0. The molecule has 1 aliphatic carbocycles. The smallest absolute Gasteiger partial charge is 0.269 e. The molecule has 5 nitrogen and oxygen atoms in total. The average Bonchev–Trinajstić information content (AvgIpc) is 2.53. The predicted molar refractivity (Wildman–Crippen MR) is 91.5 cm³/mol. The summed E-state index contributed by atoms with van der Waals surface area (Å²) in [5, 5.41) is 10.7. The summed E-state index contributed by atoms with van der Waals surface area (Å²) in [6, 6.07) is 6.43. The number of ether oxygens (including phenoxy) is 1. The van der Waals surface area contributed by atoms with Crippen LogP contribution in [0.25, 0.3) is 6.08 Å². The zero-order chi connectivity index (χ0) is 17.5. The molecular weight excluding hydrogens is 306 g/mol. The molecule has 1 aromatic carbocycles. The number of ketones is 1. The summed E-state index contributed by atoms with van der Waals surface area (Å²) in [7, 11) is 0. The molecule has 24 heavy (non-hydrogen) atoms. The van der Waals surface area contributed by atoms with Crippen LogP contribution in [-0.2, 0) is 9.53 Å². The molecule has 1 saturated heterocycles. The first kappa shape index (κ1) is 16.8. The highest BCUT2D eigenvalue weighted by Gasteiger charge is 2.49. The third-order valence-electron chi connectivity index (χ3n) is 5.58. The number of fused-ring (bicyclic) bond motifs is 2. The number of nitro benzene ring substituents is 1. The van der Waals surface area contributed by atoms with Crippen molar-refractivity contribution in [2.75, 3.05) is 0 Å². The molecule has 3 rings (SSSR count). The van der Waals surface area contributed by atoms with Crippen LogP contribution < -0.4 is 0 Å². The highest BCUT2D eigenvalue weighted by molar-refractivity contribution is 5.82. The Labute approximate surface area is 141 Å². The maximum atomic E-state index is 12.3. The molecule has 1 saturated carbocycles. The second-order valence-corrected chi connectivity index (χ2v) is 7.45. The predicted octanol–water partition coefficient (Wildman–Crippen LogP) is 4.02. The maximum Gasteiger partial charge on any atom is 0.269 e. The van der Waals surface area contributed by atoms with Crippen molar-refractivity contribution in [1.82, 2.24) is 0 Å². The van der Waals surface area contributed by atoms with Gasteiger partial charge in [0.1, 0.15) is 5.78 Å². The Hall–Kier alpha value is -2.01. The van der Waals surface area contributed by atoms with Crippen LogP contribution >= 0.6 is 0 Å². The molecule has 2 aliphatic rings. The van der Waals surface area contributed by atoms with Gasteiger partial charge < -0.3 is 4.74 Å². The molecule has 0 unspecified atom stereocenters. The fourth-order valence-corrected chi connectivity index (χ4v) is 3.86. The molecule has 1 heterocycles. The minimum Gasteiger partial charge on any atom is -0.368 e. The van der Waals surface area contributed by atoms with Crippen molar-refractivity contribution in [2.45, 2.75) is 45.3 Å². The van der Waals surface area contributed by atoms with Crippen LogP contribution in [0, 0.1) is 27.9 Å². The number of hydrogen-bond acceptors (Lipinski definition) is 4. The van der Waals surface area contributed by atoms with Crippen LogP contribution in [0.4, 0.5) is 5.69 Å². The molecule has 128 valence electrons. The monoisotopic (exact) mass is 329 g/mol. The van der Waals surface area contributed by atoms with Gasteiger partial charge in [0.05, 0.1) is 16.6 Å². The third kappa shape index (κ3) is 3.13. The van der Waals surface area contributed by atoms with Crippen molar-refractivity contribution < 1.29 is 14.5 Å². The summed E-state index contributed by atoms with van der Waals surface area (Å²) < 4.78 is 6.30. The number of carbonyl (C=O) groups excluding carboxylic acids is 1. The molecule has 2 fully saturated rings. The molecule has 2 bridgehead atoms. The van der Waals surface area contributed by atoms with Gasteiger partial charge in [-0.3, -0.25) is 14.9 Å². The van der Waals surface area contributed by atoms with Crippen LogP contribution in [0.1, 0.15) is 39.2 Å². The molecule has 0 radical (unpaired) electrons. The zero-order valence-corrected chi connectivity index (χ0v) is 14.3. The van der Waals surface area contributed by atoms with Crippen LogP contribution in [0.3, 0.4) is 0 Å². The fourth-order valence-electron chi connectivity index (χ4n) is 3.86. The summed E-state index contributed by atoms with van der Waals surface area (Å²) in [4.78, 5) is 22.6. The largest absolute Gasteiger partial charge is 0.368 e. The van der Waals surface area contributed by atoms with E-state index in [1.807, 2.05) is 19.1 Å². The lowest BCUT2D eigenvalue weighted by atomic mass is 9.65. The number of Topliss-reactive ketones (excluding diaryl/α,β-unsaturated/α-hetero) is 1. The zero-order valence-electron chi connectivity index (χ0n) is 14.3. The number of nitrogens with zero attached hydrogens (tertiary/aromatic N) is 1. The Balaban J connectivity index is 1.79. The van der Waals surface area contributed by atoms with Gasteiger partial charge in [-0.25, -0.2) is 0 Å². The number of nitro groups is 1. The van der Waals surface area contributed by atoms with E-state index in [1.54, 1.807) is 12.1 Å². The standard InChI is InChI=1S/C19H23NO4/c1-12-16-10-14(11-17(12)21)19(2,3)24-18(16)9-6-13-4-7-15(8-5-13)20(22)23/h4-9,12,14,16,18H,10-11H2,1-3H3/b9-6+/t12-,14-,16+,18-/m0/s1. The molecule has 5 heteroatoms. The van der Waals surface area contributed by atoms with Crippen molar-refractivity contribution in [3.63, 3.8) is 0 Å². The van der Waals surface area contributed by atoms with E-state index in [0.29, 0.717) is 12.2 Å². The van der Waals surface area contributed by atoms with E-state index in [-0.39, 0.29) is 35.1 Å². The van der Waals surface area contributed by atoms with E-state index in [2.05, 4.69) is 13.8 Å². The summed E-state index contributed by atoms with van der Waals surface area (Å²) in [6.07, 6.45) is 5.44. The third-order valence-corrected chi connectivity index (χ3v) is 5.58. The van der Waals surface area contributed by atoms with Gasteiger partial charge in [-0.15, -0.1) is 0 Å². The van der Waals surface area contributed by atoms with Gasteiger partial charge in [-0.2, -0.15) is 0 Å². The number of benzene rings is 1. The van der Waals surface area contributed by atoms with Crippen LogP contribution in [0.15, 0.2) is 30.3 Å². The second-order valence-electron chi connectivity index (χ2n) is 7.45. The maximum absolute atomic E-state index is 12.3. The van der Waals surface area contributed by atoms with Crippen molar-refractivity contribution in [3.8, 4) is 0 Å². The fraction of sp³-hybridized carbons (Fsp3) is 0.526. The minimum absolute atomic E-state index is 0.0175. The quantitative estimate of drug-likeness (QED) is 0.620. The molecule has 0 spiro atoms. The molecule has 0 aromatic heterocycles. The Morgan fingerprint density at radius 1 is 1.29 bits per heavy atom. The molecule has 4 atom stereocenters. The second kappa shape index (κ2) is 6.13. The lowest BCUT2D eigenvalue weighted by molar-refractivity contribution is -0.384. The highest BCUT2D eigenvalue weighted by Crippen LogP contribution is 2.46. The van der Waals surface area contributed by atoms with Gasteiger partial charge in [0.15, 0.2) is 0 Å². The first-order chi connectivity index (χ1) is 11.3. The Bertz CT molecular complexity index is 677. The topological polar surface area (TPSA) is 69.4 Å². The Morgan fingerprint density at radius 3 is 2.58 bits per heavy atom. The lowest BCUT2D eigenvalue weighted by Gasteiger charge is -2.50. The molecule has 0 N–H and O–H groups in total. The normalized spacial score (nSPS) is 32.0. The summed E-state index contributed by atoms with van der Waals surface area (Å²) in [6.45, 7) is 6.12. The van der Waals surface area contributed by atoms with Gasteiger partial charge >= 0.3 is 0 Å².